The minimum absolute atomic E-state index is 0.117. The molecule has 11 heteroatoms. The minimum Gasteiger partial charge on any atom is -0.471 e. The first-order chi connectivity index (χ1) is 31.8. The second kappa shape index (κ2) is 17.1. The van der Waals surface area contributed by atoms with Gasteiger partial charge < -0.3 is 14.7 Å². The topological polar surface area (TPSA) is 157 Å². The zero-order valence-corrected chi connectivity index (χ0v) is 35.1. The Morgan fingerprint density at radius 1 is 0.585 bits per heavy atom. The summed E-state index contributed by atoms with van der Waals surface area (Å²) in [4.78, 5) is 29.7. The molecule has 10 rings (SSSR count). The third-order valence-corrected chi connectivity index (χ3v) is 11.7. The van der Waals surface area contributed by atoms with Gasteiger partial charge in [-0.05, 0) is 107 Å². The molecule has 2 N–H and O–H groups in total. The molecule has 65 heavy (non-hydrogen) atoms. The number of nitrogens with one attached hydrogen (secondary N) is 2. The summed E-state index contributed by atoms with van der Waals surface area (Å²) in [5, 5.41) is 32.5. The Bertz CT molecular complexity index is 3450. The van der Waals surface area contributed by atoms with E-state index in [1.807, 2.05) is 133 Å². The van der Waals surface area contributed by atoms with Crippen LogP contribution in [0.2, 0.25) is 5.02 Å². The lowest BCUT2D eigenvalue weighted by Gasteiger charge is -2.13. The monoisotopic (exact) mass is 863 g/mol. The number of nitro benzene ring substituents is 1. The molecule has 5 aromatic carbocycles. The van der Waals surface area contributed by atoms with Crippen molar-refractivity contribution in [3.63, 3.8) is 0 Å². The first kappa shape index (κ1) is 40.3. The summed E-state index contributed by atoms with van der Waals surface area (Å²) in [6.45, 7) is 0. The highest BCUT2D eigenvalue weighted by molar-refractivity contribution is 6.30. The quantitative estimate of drug-likeness (QED) is 0.108. The van der Waals surface area contributed by atoms with Gasteiger partial charge in [0.25, 0.3) is 5.69 Å². The van der Waals surface area contributed by atoms with Gasteiger partial charge in [-0.15, -0.1) is 0 Å². The molecule has 0 spiro atoms. The predicted molar refractivity (Wildman–Crippen MR) is 257 cm³/mol. The molecule has 310 valence electrons. The van der Waals surface area contributed by atoms with Crippen molar-refractivity contribution in [2.45, 2.75) is 12.5 Å². The normalized spacial score (nSPS) is 12.0. The smallest absolute Gasteiger partial charge is 0.273 e. The van der Waals surface area contributed by atoms with Crippen LogP contribution in [0.3, 0.4) is 0 Å². The molecule has 2 aliphatic heterocycles. The standard InChI is InChI=1S/C54H34ClN7O3/c55-39-16-18-40(19-17-39)65-50(32-57)33-11-13-36(14-12-33)53-45-22-20-41(58-45)51(34-7-3-1-4-8-34)43-24-26-47(60-43)54(38-15-28-49(62(63)64)37(31-38)29-30-56)48-27-25-44(61-48)52(35-9-5-2-6-10-35)42-21-23-46(53)59-42/h1-28,31,50,58,61H,29H2. The average Bonchev–Trinajstić information content (AvgIpc) is 4.19. The van der Waals surface area contributed by atoms with Crippen molar-refractivity contribution in [2.75, 3.05) is 0 Å². The number of nitrogens with zero attached hydrogens (tertiary/aromatic N) is 5. The molecule has 1 unspecified atom stereocenters. The van der Waals surface area contributed by atoms with Gasteiger partial charge in [-0.3, -0.25) is 10.1 Å². The summed E-state index contributed by atoms with van der Waals surface area (Å²) >= 11 is 6.10. The molecule has 5 heterocycles. The fraction of sp³-hybridized carbons (Fsp3) is 0.0370. The molecular formula is C54H34ClN7O3. The van der Waals surface area contributed by atoms with Crippen LogP contribution in [0.4, 0.5) is 5.69 Å². The van der Waals surface area contributed by atoms with E-state index >= 15 is 0 Å². The Morgan fingerprint density at radius 2 is 1.03 bits per heavy atom. The maximum Gasteiger partial charge on any atom is 0.273 e. The number of hydrogen-bond donors (Lipinski definition) is 2. The van der Waals surface area contributed by atoms with Gasteiger partial charge in [0.2, 0.25) is 6.10 Å². The number of benzene rings is 5. The number of fused-ring (bicyclic) bond motifs is 8. The Morgan fingerprint density at radius 3 is 1.48 bits per heavy atom. The molecule has 10 nitrogen and oxygen atoms in total. The minimum atomic E-state index is -0.857. The van der Waals surface area contributed by atoms with Crippen LogP contribution in [-0.4, -0.2) is 24.9 Å². The van der Waals surface area contributed by atoms with E-state index in [0.717, 1.165) is 66.8 Å². The Labute approximate surface area is 377 Å². The van der Waals surface area contributed by atoms with Crippen LogP contribution in [0.15, 0.2) is 152 Å². The molecule has 3 aromatic heterocycles. The average molecular weight is 864 g/mol. The van der Waals surface area contributed by atoms with Crippen molar-refractivity contribution in [3.8, 4) is 62.4 Å². The highest BCUT2D eigenvalue weighted by atomic mass is 35.5. The van der Waals surface area contributed by atoms with Crippen LogP contribution in [0.5, 0.6) is 5.75 Å². The second-order valence-electron chi connectivity index (χ2n) is 15.4. The van der Waals surface area contributed by atoms with E-state index in [4.69, 9.17) is 26.3 Å². The number of rotatable bonds is 9. The van der Waals surface area contributed by atoms with Crippen molar-refractivity contribution in [2.24, 2.45) is 0 Å². The van der Waals surface area contributed by atoms with Gasteiger partial charge in [-0.2, -0.15) is 10.5 Å². The summed E-state index contributed by atoms with van der Waals surface area (Å²) in [5.41, 5.74) is 13.5. The van der Waals surface area contributed by atoms with Gasteiger partial charge in [-0.1, -0.05) is 96.5 Å². The van der Waals surface area contributed by atoms with E-state index in [9.17, 15) is 20.6 Å². The van der Waals surface area contributed by atoms with E-state index in [2.05, 4.69) is 22.1 Å². The Kier molecular flexibility index (Phi) is 10.6. The first-order valence-electron chi connectivity index (χ1n) is 20.7. The van der Waals surface area contributed by atoms with Crippen LogP contribution < -0.4 is 4.74 Å². The fourth-order valence-corrected chi connectivity index (χ4v) is 8.54. The number of H-pyrrole nitrogens is 2. The maximum atomic E-state index is 12.0. The number of halogens is 1. The van der Waals surface area contributed by atoms with E-state index in [1.54, 1.807) is 36.4 Å². The largest absolute Gasteiger partial charge is 0.471 e. The number of aromatic amines is 2. The van der Waals surface area contributed by atoms with E-state index in [1.165, 1.54) is 6.07 Å². The summed E-state index contributed by atoms with van der Waals surface area (Å²) in [5.74, 6) is 0.533. The lowest BCUT2D eigenvalue weighted by molar-refractivity contribution is -0.385. The molecular weight excluding hydrogens is 830 g/mol. The van der Waals surface area contributed by atoms with Crippen molar-refractivity contribution in [1.82, 2.24) is 19.9 Å². The zero-order valence-electron chi connectivity index (χ0n) is 34.4. The first-order valence-corrected chi connectivity index (χ1v) is 21.1. The Hall–Kier alpha value is -8.83. The number of ether oxygens (including phenoxy) is 1. The molecule has 0 amide bonds. The fourth-order valence-electron chi connectivity index (χ4n) is 8.42. The summed E-state index contributed by atoms with van der Waals surface area (Å²) in [6.07, 6.45) is 6.98. The number of nitriles is 2. The summed E-state index contributed by atoms with van der Waals surface area (Å²) in [7, 11) is 0. The predicted octanol–water partition coefficient (Wildman–Crippen LogP) is 13.6. The van der Waals surface area contributed by atoms with Crippen LogP contribution in [0.1, 0.15) is 40.0 Å². The van der Waals surface area contributed by atoms with Gasteiger partial charge in [0.05, 0.1) is 40.2 Å². The van der Waals surface area contributed by atoms with Gasteiger partial charge in [0, 0.05) is 66.5 Å². The Balaban J connectivity index is 1.26. The van der Waals surface area contributed by atoms with Crippen molar-refractivity contribution in [3.05, 3.63) is 201 Å². The molecule has 8 bridgehead atoms. The van der Waals surface area contributed by atoms with Crippen LogP contribution in [-0.2, 0) is 6.42 Å². The molecule has 0 aliphatic carbocycles. The van der Waals surface area contributed by atoms with Crippen molar-refractivity contribution < 1.29 is 9.66 Å². The van der Waals surface area contributed by atoms with E-state index in [0.29, 0.717) is 44.4 Å². The van der Waals surface area contributed by atoms with Crippen LogP contribution in [0.25, 0.3) is 90.9 Å². The zero-order chi connectivity index (χ0) is 44.4. The highest BCUT2D eigenvalue weighted by Crippen LogP contribution is 2.39. The van der Waals surface area contributed by atoms with Gasteiger partial charge >= 0.3 is 0 Å². The number of hydrogen-bond acceptors (Lipinski definition) is 7. The molecule has 8 aromatic rings. The number of aromatic nitrogens is 4. The highest BCUT2D eigenvalue weighted by Gasteiger charge is 2.22. The molecule has 0 radical (unpaired) electrons. The lowest BCUT2D eigenvalue weighted by Crippen LogP contribution is -2.05. The number of nitro groups is 1. The maximum absolute atomic E-state index is 12.0. The molecule has 1 atom stereocenters. The van der Waals surface area contributed by atoms with Gasteiger partial charge in [0.1, 0.15) is 11.8 Å². The lowest BCUT2D eigenvalue weighted by atomic mass is 9.99. The summed E-state index contributed by atoms with van der Waals surface area (Å²) < 4.78 is 6.06. The SMILES string of the molecule is N#CCc1cc(-c2c3nc(c(-c4ccccc4)c4ccc([nH]4)c(-c4ccc(C(C#N)Oc5ccc(Cl)cc5)cc4)c4nc(c(-c5ccccc5)c5ccc2[nH]5)C=C4)C=C3)ccc1[N+](=O)[O-]. The summed E-state index contributed by atoms with van der Waals surface area (Å²) in [6, 6.07) is 52.1. The van der Waals surface area contributed by atoms with Crippen molar-refractivity contribution >= 4 is 63.7 Å². The molecule has 0 fully saturated rings. The van der Waals surface area contributed by atoms with Crippen LogP contribution >= 0.6 is 11.6 Å². The second-order valence-corrected chi connectivity index (χ2v) is 15.8. The molecule has 0 saturated carbocycles. The van der Waals surface area contributed by atoms with Gasteiger partial charge in [0.15, 0.2) is 0 Å². The van der Waals surface area contributed by atoms with Crippen LogP contribution in [0, 0.1) is 32.8 Å². The molecule has 0 saturated heterocycles. The van der Waals surface area contributed by atoms with E-state index < -0.39 is 11.0 Å². The van der Waals surface area contributed by atoms with Crippen molar-refractivity contribution in [1.29, 1.82) is 10.5 Å². The molecule has 2 aliphatic rings. The van der Waals surface area contributed by atoms with E-state index in [-0.39, 0.29) is 12.1 Å². The third-order valence-electron chi connectivity index (χ3n) is 11.4. The third kappa shape index (κ3) is 7.83. The van der Waals surface area contributed by atoms with Gasteiger partial charge in [-0.25, -0.2) is 9.97 Å².